The highest BCUT2D eigenvalue weighted by Gasteiger charge is 2.35. The lowest BCUT2D eigenvalue weighted by molar-refractivity contribution is -0.118. The van der Waals surface area contributed by atoms with Crippen LogP contribution in [0.3, 0.4) is 0 Å². The number of anilines is 1. The molecule has 25 heavy (non-hydrogen) atoms. The summed E-state index contributed by atoms with van der Waals surface area (Å²) in [6, 6.07) is 10.0. The van der Waals surface area contributed by atoms with Gasteiger partial charge in [0.05, 0.1) is 4.90 Å². The highest BCUT2D eigenvalue weighted by molar-refractivity contribution is 7.89. The molecule has 1 saturated heterocycles. The Hall–Kier alpha value is -2.25. The highest BCUT2D eigenvalue weighted by Crippen LogP contribution is 2.24. The van der Waals surface area contributed by atoms with Crippen LogP contribution in [0, 0.1) is 19.7 Å². The monoisotopic (exact) mass is 362 g/mol. The number of amides is 1. The fraction of sp³-hybridized carbons (Fsp3) is 0.278. The normalized spacial score (nSPS) is 18.0. The van der Waals surface area contributed by atoms with E-state index in [4.69, 9.17) is 0 Å². The van der Waals surface area contributed by atoms with Crippen LogP contribution in [0.15, 0.2) is 47.4 Å². The maximum atomic E-state index is 13.4. The van der Waals surface area contributed by atoms with Crippen LogP contribution in [0.1, 0.15) is 17.5 Å². The minimum Gasteiger partial charge on any atom is -0.311 e. The molecule has 0 radical (unpaired) electrons. The third-order valence-electron chi connectivity index (χ3n) is 4.29. The molecule has 1 heterocycles. The first-order chi connectivity index (χ1) is 11.8. The quantitative estimate of drug-likeness (QED) is 0.909. The Morgan fingerprint density at radius 1 is 1.12 bits per heavy atom. The van der Waals surface area contributed by atoms with Crippen LogP contribution in [0.4, 0.5) is 10.1 Å². The van der Waals surface area contributed by atoms with E-state index in [1.165, 1.54) is 29.2 Å². The van der Waals surface area contributed by atoms with Crippen molar-refractivity contribution in [1.82, 2.24) is 4.72 Å². The van der Waals surface area contributed by atoms with E-state index in [1.807, 2.05) is 6.92 Å². The van der Waals surface area contributed by atoms with Crippen molar-refractivity contribution in [2.45, 2.75) is 31.2 Å². The smallest absolute Gasteiger partial charge is 0.245 e. The molecule has 3 rings (SSSR count). The summed E-state index contributed by atoms with van der Waals surface area (Å²) in [6.45, 7) is 3.87. The average molecular weight is 362 g/mol. The predicted octanol–water partition coefficient (Wildman–Crippen LogP) is 2.53. The van der Waals surface area contributed by atoms with Crippen molar-refractivity contribution < 1.29 is 17.6 Å². The van der Waals surface area contributed by atoms with Crippen molar-refractivity contribution in [3.63, 3.8) is 0 Å². The van der Waals surface area contributed by atoms with Gasteiger partial charge in [-0.2, -0.15) is 4.72 Å². The number of nitrogens with one attached hydrogen (secondary N) is 1. The van der Waals surface area contributed by atoms with E-state index in [0.29, 0.717) is 24.2 Å². The average Bonchev–Trinajstić information content (AvgIpc) is 2.91. The lowest BCUT2D eigenvalue weighted by Gasteiger charge is -2.18. The van der Waals surface area contributed by atoms with Gasteiger partial charge in [-0.15, -0.1) is 0 Å². The summed E-state index contributed by atoms with van der Waals surface area (Å²) in [6.07, 6.45) is 0.361. The molecule has 5 nitrogen and oxygen atoms in total. The number of sulfonamides is 1. The van der Waals surface area contributed by atoms with E-state index < -0.39 is 16.1 Å². The maximum absolute atomic E-state index is 13.4. The number of aryl methyl sites for hydroxylation is 2. The summed E-state index contributed by atoms with van der Waals surface area (Å²) in [7, 11) is -3.77. The van der Waals surface area contributed by atoms with Crippen molar-refractivity contribution in [2.75, 3.05) is 11.4 Å². The molecule has 0 aromatic heterocycles. The Morgan fingerprint density at radius 3 is 2.44 bits per heavy atom. The lowest BCUT2D eigenvalue weighted by atomic mass is 10.2. The first-order valence-corrected chi connectivity index (χ1v) is 9.43. The molecular weight excluding hydrogens is 343 g/mol. The number of benzene rings is 2. The summed E-state index contributed by atoms with van der Waals surface area (Å²) in [4.78, 5) is 14.2. The fourth-order valence-corrected chi connectivity index (χ4v) is 4.04. The first kappa shape index (κ1) is 17.6. The van der Waals surface area contributed by atoms with Gasteiger partial charge in [0.2, 0.25) is 15.9 Å². The predicted molar refractivity (Wildman–Crippen MR) is 93.4 cm³/mol. The number of carbonyl (C=O) groups is 1. The van der Waals surface area contributed by atoms with E-state index in [1.54, 1.807) is 25.1 Å². The zero-order chi connectivity index (χ0) is 18.2. The van der Waals surface area contributed by atoms with E-state index in [0.717, 1.165) is 5.56 Å². The second kappa shape index (κ2) is 6.57. The molecule has 1 aliphatic heterocycles. The molecule has 7 heteroatoms. The third-order valence-corrected chi connectivity index (χ3v) is 5.77. The molecule has 1 aliphatic rings. The van der Waals surface area contributed by atoms with Crippen LogP contribution in [0.25, 0.3) is 0 Å². The highest BCUT2D eigenvalue weighted by atomic mass is 32.2. The Morgan fingerprint density at radius 2 is 1.80 bits per heavy atom. The van der Waals surface area contributed by atoms with Gasteiger partial charge in [-0.25, -0.2) is 12.8 Å². The second-order valence-corrected chi connectivity index (χ2v) is 7.91. The number of hydrogen-bond acceptors (Lipinski definition) is 3. The van der Waals surface area contributed by atoms with Gasteiger partial charge in [0.1, 0.15) is 11.9 Å². The Labute approximate surface area is 146 Å². The second-order valence-electron chi connectivity index (χ2n) is 6.20. The Bertz CT molecular complexity index is 910. The largest absolute Gasteiger partial charge is 0.311 e. The minimum atomic E-state index is -3.77. The van der Waals surface area contributed by atoms with Gasteiger partial charge in [-0.3, -0.25) is 4.79 Å². The van der Waals surface area contributed by atoms with Crippen molar-refractivity contribution in [1.29, 1.82) is 0 Å². The van der Waals surface area contributed by atoms with Crippen LogP contribution in [-0.4, -0.2) is 26.9 Å². The topological polar surface area (TPSA) is 66.5 Å². The van der Waals surface area contributed by atoms with Crippen LogP contribution < -0.4 is 9.62 Å². The summed E-state index contributed by atoms with van der Waals surface area (Å²) >= 11 is 0. The van der Waals surface area contributed by atoms with Crippen molar-refractivity contribution >= 4 is 21.6 Å². The third kappa shape index (κ3) is 3.57. The Kier molecular flexibility index (Phi) is 4.62. The zero-order valence-corrected chi connectivity index (χ0v) is 14.8. The number of nitrogens with zero attached hydrogens (tertiary/aromatic N) is 1. The van der Waals surface area contributed by atoms with E-state index >= 15 is 0 Å². The molecule has 1 amide bonds. The van der Waals surface area contributed by atoms with E-state index in [-0.39, 0.29) is 16.6 Å². The standard InChI is InChI=1S/C18H19FN2O3S/c1-12-3-6-15(7-4-12)25(23,24)20-17-9-10-21(18(17)22)14-5-8-16(19)13(2)11-14/h3-8,11,17,20H,9-10H2,1-2H3. The molecule has 0 saturated carbocycles. The molecule has 1 atom stereocenters. The van der Waals surface area contributed by atoms with Crippen LogP contribution in [-0.2, 0) is 14.8 Å². The molecule has 0 spiro atoms. The molecule has 132 valence electrons. The molecular formula is C18H19FN2O3S. The first-order valence-electron chi connectivity index (χ1n) is 7.94. The van der Waals surface area contributed by atoms with Gasteiger partial charge in [-0.05, 0) is 56.2 Å². The molecule has 1 N–H and O–H groups in total. The van der Waals surface area contributed by atoms with Crippen molar-refractivity contribution in [3.8, 4) is 0 Å². The van der Waals surface area contributed by atoms with Gasteiger partial charge >= 0.3 is 0 Å². The van der Waals surface area contributed by atoms with Crippen molar-refractivity contribution in [2.24, 2.45) is 0 Å². The zero-order valence-electron chi connectivity index (χ0n) is 14.0. The molecule has 1 unspecified atom stereocenters. The number of rotatable bonds is 4. The molecule has 0 bridgehead atoms. The number of halogens is 1. The maximum Gasteiger partial charge on any atom is 0.245 e. The summed E-state index contributed by atoms with van der Waals surface area (Å²) in [5.41, 5.74) is 1.96. The number of carbonyl (C=O) groups excluding carboxylic acids is 1. The molecule has 2 aromatic carbocycles. The van der Waals surface area contributed by atoms with Gasteiger partial charge in [0, 0.05) is 12.2 Å². The summed E-state index contributed by atoms with van der Waals surface area (Å²) in [5.74, 6) is -0.672. The number of hydrogen-bond donors (Lipinski definition) is 1. The lowest BCUT2D eigenvalue weighted by Crippen LogP contribution is -2.41. The summed E-state index contributed by atoms with van der Waals surface area (Å²) < 4.78 is 40.8. The molecule has 1 fully saturated rings. The van der Waals surface area contributed by atoms with Crippen molar-refractivity contribution in [3.05, 3.63) is 59.4 Å². The van der Waals surface area contributed by atoms with Gasteiger partial charge in [0.15, 0.2) is 0 Å². The van der Waals surface area contributed by atoms with Crippen LogP contribution >= 0.6 is 0 Å². The fourth-order valence-electron chi connectivity index (χ4n) is 2.82. The SMILES string of the molecule is Cc1ccc(S(=O)(=O)NC2CCN(c3ccc(F)c(C)c3)C2=O)cc1. The van der Waals surface area contributed by atoms with Crippen LogP contribution in [0.2, 0.25) is 0 Å². The van der Waals surface area contributed by atoms with E-state index in [9.17, 15) is 17.6 Å². The van der Waals surface area contributed by atoms with E-state index in [2.05, 4.69) is 4.72 Å². The van der Waals surface area contributed by atoms with Crippen LogP contribution in [0.5, 0.6) is 0 Å². The molecule has 0 aliphatic carbocycles. The summed E-state index contributed by atoms with van der Waals surface area (Å²) in [5, 5.41) is 0. The van der Waals surface area contributed by atoms with Gasteiger partial charge in [-0.1, -0.05) is 17.7 Å². The van der Waals surface area contributed by atoms with Gasteiger partial charge < -0.3 is 4.90 Å². The van der Waals surface area contributed by atoms with Gasteiger partial charge in [0.25, 0.3) is 0 Å². The minimum absolute atomic E-state index is 0.127. The Balaban J connectivity index is 1.77. The molecule has 2 aromatic rings.